The molecule has 1 aliphatic rings. The number of hydrogen-bond acceptors (Lipinski definition) is 5. The van der Waals surface area contributed by atoms with Crippen molar-refractivity contribution in [2.75, 3.05) is 0 Å². The molecule has 0 bridgehead atoms. The van der Waals surface area contributed by atoms with E-state index in [-0.39, 0.29) is 11.8 Å². The van der Waals surface area contributed by atoms with E-state index in [1.54, 1.807) is 13.8 Å². The molecule has 0 spiro atoms. The Bertz CT molecular complexity index is 877. The van der Waals surface area contributed by atoms with Crippen molar-refractivity contribution in [2.45, 2.75) is 60.3 Å². The largest absolute Gasteiger partial charge is 0.455 e. The molecule has 1 atom stereocenters. The van der Waals surface area contributed by atoms with E-state index >= 15 is 0 Å². The fourth-order valence-corrected chi connectivity index (χ4v) is 3.69. The van der Waals surface area contributed by atoms with Gasteiger partial charge in [-0.2, -0.15) is 0 Å². The summed E-state index contributed by atoms with van der Waals surface area (Å²) >= 11 is 0. The Morgan fingerprint density at radius 3 is 1.72 bits per heavy atom. The lowest BCUT2D eigenvalue weighted by molar-refractivity contribution is 0.341. The van der Waals surface area contributed by atoms with E-state index in [4.69, 9.17) is 13.6 Å². The molecule has 2 aromatic rings. The Hall–Kier alpha value is -2.30. The van der Waals surface area contributed by atoms with Gasteiger partial charge in [0.05, 0.1) is 11.1 Å². The lowest BCUT2D eigenvalue weighted by Gasteiger charge is -2.32. The van der Waals surface area contributed by atoms with Crippen LogP contribution in [0.15, 0.2) is 18.4 Å². The Balaban J connectivity index is 2.40. The van der Waals surface area contributed by atoms with Crippen LogP contribution in [-0.4, -0.2) is 0 Å². The zero-order chi connectivity index (χ0) is 18.5. The molecule has 134 valence electrons. The first-order valence-electron chi connectivity index (χ1n) is 8.74. The predicted molar refractivity (Wildman–Crippen MR) is 94.9 cm³/mol. The maximum Gasteiger partial charge on any atom is 0.343 e. The van der Waals surface area contributed by atoms with Crippen LogP contribution in [0.25, 0.3) is 0 Å². The van der Waals surface area contributed by atoms with E-state index in [1.165, 1.54) is 0 Å². The van der Waals surface area contributed by atoms with E-state index in [0.717, 1.165) is 24.0 Å². The number of hydrogen-bond donors (Lipinski definition) is 0. The van der Waals surface area contributed by atoms with Crippen molar-refractivity contribution in [3.05, 3.63) is 54.6 Å². The highest BCUT2D eigenvalue weighted by molar-refractivity contribution is 5.57. The first kappa shape index (κ1) is 17.5. The molecule has 0 saturated heterocycles. The normalized spacial score (nSPS) is 14.6. The molecule has 5 heteroatoms. The second-order valence-corrected chi connectivity index (χ2v) is 6.97. The molecule has 0 aromatic carbocycles. The molecule has 1 aliphatic heterocycles. The summed E-state index contributed by atoms with van der Waals surface area (Å²) in [5.74, 6) is 1.83. The maximum absolute atomic E-state index is 12.6. The zero-order valence-electron chi connectivity index (χ0n) is 15.6. The van der Waals surface area contributed by atoms with Gasteiger partial charge < -0.3 is 13.6 Å². The molecular weight excluding hydrogens is 320 g/mol. The van der Waals surface area contributed by atoms with E-state index in [9.17, 15) is 9.59 Å². The summed E-state index contributed by atoms with van der Waals surface area (Å²) in [4.78, 5) is 25.3. The minimum Gasteiger partial charge on any atom is -0.455 e. The average molecular weight is 344 g/mol. The minimum absolute atomic E-state index is 0.0846. The lowest BCUT2D eigenvalue weighted by atomic mass is 9.78. The first-order valence-corrected chi connectivity index (χ1v) is 8.74. The summed E-state index contributed by atoms with van der Waals surface area (Å²) in [7, 11) is 0. The van der Waals surface area contributed by atoms with E-state index in [0.29, 0.717) is 34.1 Å². The first-order chi connectivity index (χ1) is 11.8. The SMILES string of the molecule is CCCC(C)C1c2c(c(C)c(C)oc2=O)Oc2c(C)c(C)oc(=O)c21. The summed E-state index contributed by atoms with van der Waals surface area (Å²) in [6.45, 7) is 11.4. The van der Waals surface area contributed by atoms with E-state index in [1.807, 2.05) is 13.8 Å². The molecule has 3 rings (SSSR count). The fraction of sp³-hybridized carbons (Fsp3) is 0.500. The fourth-order valence-electron chi connectivity index (χ4n) is 3.69. The summed E-state index contributed by atoms with van der Waals surface area (Å²) in [6.07, 6.45) is 1.83. The standard InChI is InChI=1S/C20H24O5/c1-7-8-9(2)14-15-17(10(3)12(5)23-19(15)21)25-18-11(4)13(6)24-20(22)16(14)18/h9,14H,7-8H2,1-6H3. The summed E-state index contributed by atoms with van der Waals surface area (Å²) < 4.78 is 16.9. The smallest absolute Gasteiger partial charge is 0.343 e. The van der Waals surface area contributed by atoms with Gasteiger partial charge in [0.25, 0.3) is 0 Å². The van der Waals surface area contributed by atoms with Crippen LogP contribution in [0.5, 0.6) is 11.5 Å². The zero-order valence-corrected chi connectivity index (χ0v) is 15.6. The second kappa shape index (κ2) is 6.21. The van der Waals surface area contributed by atoms with Crippen LogP contribution in [0.3, 0.4) is 0 Å². The van der Waals surface area contributed by atoms with Crippen molar-refractivity contribution < 1.29 is 13.6 Å². The number of rotatable bonds is 3. The molecule has 0 radical (unpaired) electrons. The number of aryl methyl sites for hydroxylation is 2. The van der Waals surface area contributed by atoms with Crippen LogP contribution >= 0.6 is 0 Å². The van der Waals surface area contributed by atoms with Gasteiger partial charge in [-0.25, -0.2) is 9.59 Å². The van der Waals surface area contributed by atoms with Gasteiger partial charge in [0.15, 0.2) is 0 Å². The molecule has 1 unspecified atom stereocenters. The molecule has 0 N–H and O–H groups in total. The van der Waals surface area contributed by atoms with Gasteiger partial charge in [0.1, 0.15) is 23.0 Å². The molecule has 0 amide bonds. The van der Waals surface area contributed by atoms with Gasteiger partial charge in [-0.05, 0) is 33.6 Å². The van der Waals surface area contributed by atoms with Crippen LogP contribution in [0.1, 0.15) is 66.4 Å². The average Bonchev–Trinajstić information content (AvgIpc) is 2.56. The van der Waals surface area contributed by atoms with Gasteiger partial charge in [-0.3, -0.25) is 0 Å². The highest BCUT2D eigenvalue weighted by Gasteiger charge is 2.39. The molecule has 2 aromatic heterocycles. The van der Waals surface area contributed by atoms with Crippen LogP contribution < -0.4 is 16.0 Å². The number of fused-ring (bicyclic) bond motifs is 2. The lowest BCUT2D eigenvalue weighted by Crippen LogP contribution is -2.30. The highest BCUT2D eigenvalue weighted by atomic mass is 16.5. The van der Waals surface area contributed by atoms with Crippen molar-refractivity contribution in [3.63, 3.8) is 0 Å². The topological polar surface area (TPSA) is 69.7 Å². The molecule has 3 heterocycles. The highest BCUT2D eigenvalue weighted by Crippen LogP contribution is 2.48. The van der Waals surface area contributed by atoms with Crippen molar-refractivity contribution in [1.82, 2.24) is 0 Å². The third-order valence-electron chi connectivity index (χ3n) is 5.30. The van der Waals surface area contributed by atoms with Crippen LogP contribution in [0, 0.1) is 33.6 Å². The minimum atomic E-state index is -0.436. The van der Waals surface area contributed by atoms with Gasteiger partial charge in [0, 0.05) is 17.0 Å². The van der Waals surface area contributed by atoms with Crippen molar-refractivity contribution in [3.8, 4) is 11.5 Å². The van der Waals surface area contributed by atoms with Crippen molar-refractivity contribution >= 4 is 0 Å². The monoisotopic (exact) mass is 344 g/mol. The summed E-state index contributed by atoms with van der Waals surface area (Å²) in [6, 6.07) is 0. The van der Waals surface area contributed by atoms with E-state index < -0.39 is 11.3 Å². The molecule has 0 fully saturated rings. The van der Waals surface area contributed by atoms with E-state index in [2.05, 4.69) is 13.8 Å². The van der Waals surface area contributed by atoms with Gasteiger partial charge in [0.2, 0.25) is 0 Å². The molecule has 25 heavy (non-hydrogen) atoms. The summed E-state index contributed by atoms with van der Waals surface area (Å²) in [5, 5.41) is 0. The third-order valence-corrected chi connectivity index (χ3v) is 5.30. The van der Waals surface area contributed by atoms with Crippen molar-refractivity contribution in [1.29, 1.82) is 0 Å². The van der Waals surface area contributed by atoms with Crippen LogP contribution in [0.2, 0.25) is 0 Å². The Morgan fingerprint density at radius 1 is 0.880 bits per heavy atom. The van der Waals surface area contributed by atoms with Crippen LogP contribution in [-0.2, 0) is 0 Å². The molecule has 0 saturated carbocycles. The summed E-state index contributed by atoms with van der Waals surface area (Å²) in [5.41, 5.74) is 1.58. The third kappa shape index (κ3) is 2.62. The van der Waals surface area contributed by atoms with Gasteiger partial charge in [-0.1, -0.05) is 26.7 Å². The number of ether oxygens (including phenoxy) is 1. The van der Waals surface area contributed by atoms with Crippen molar-refractivity contribution in [2.24, 2.45) is 5.92 Å². The molecular formula is C20H24O5. The predicted octanol–water partition coefficient (Wildman–Crippen LogP) is 4.50. The van der Waals surface area contributed by atoms with Gasteiger partial charge in [-0.15, -0.1) is 0 Å². The van der Waals surface area contributed by atoms with Crippen LogP contribution in [0.4, 0.5) is 0 Å². The maximum atomic E-state index is 12.6. The second-order valence-electron chi connectivity index (χ2n) is 6.97. The van der Waals surface area contributed by atoms with Gasteiger partial charge >= 0.3 is 11.3 Å². The Morgan fingerprint density at radius 2 is 1.32 bits per heavy atom. The Kier molecular flexibility index (Phi) is 4.35. The Labute approximate surface area is 146 Å². The molecule has 0 aliphatic carbocycles. The molecule has 5 nitrogen and oxygen atoms in total. The quantitative estimate of drug-likeness (QED) is 0.820.